The van der Waals surface area contributed by atoms with Crippen molar-refractivity contribution in [2.45, 2.75) is 45.4 Å². The highest BCUT2D eigenvalue weighted by atomic mass is 14.9. The summed E-state index contributed by atoms with van der Waals surface area (Å²) in [6.45, 7) is 2.63. The van der Waals surface area contributed by atoms with Crippen LogP contribution >= 0.6 is 0 Å². The number of hydrogen-bond acceptors (Lipinski definition) is 0. The molecule has 12 heavy (non-hydrogen) atoms. The van der Waals surface area contributed by atoms with Crippen LogP contribution in [0.25, 0.3) is 0 Å². The minimum Gasteiger partial charge on any atom is -0.0588 e. The smallest absolute Gasteiger partial charge is 0.0178 e. The lowest BCUT2D eigenvalue weighted by Gasteiger charge is -2.40. The molecule has 0 saturated heterocycles. The molecule has 0 heterocycles. The Bertz CT molecular complexity index is 237. The first-order chi connectivity index (χ1) is 5.79. The third kappa shape index (κ3) is 0.383. The Hall–Kier alpha value is 0. The zero-order valence-electron chi connectivity index (χ0n) is 7.97. The summed E-state index contributed by atoms with van der Waals surface area (Å²) in [5, 5.41) is 0. The predicted octanol–water partition coefficient (Wildman–Crippen LogP) is 3.22. The largest absolute Gasteiger partial charge is 0.0588 e. The molecule has 5 saturated carbocycles. The highest BCUT2D eigenvalue weighted by Crippen LogP contribution is 2.89. The molecule has 5 rings (SSSR count). The van der Waals surface area contributed by atoms with Crippen LogP contribution in [0.5, 0.6) is 0 Å². The van der Waals surface area contributed by atoms with Gasteiger partial charge < -0.3 is 0 Å². The molecule has 0 heteroatoms. The summed E-state index contributed by atoms with van der Waals surface area (Å²) in [6.07, 6.45) is 9.52. The highest BCUT2D eigenvalue weighted by molar-refractivity contribution is 5.31. The van der Waals surface area contributed by atoms with Crippen molar-refractivity contribution in [3.8, 4) is 0 Å². The van der Waals surface area contributed by atoms with Crippen molar-refractivity contribution in [3.05, 3.63) is 0 Å². The summed E-state index contributed by atoms with van der Waals surface area (Å²) in [4.78, 5) is 0. The van der Waals surface area contributed by atoms with Crippen molar-refractivity contribution in [2.75, 3.05) is 0 Å². The molecular weight excluding hydrogens is 144 g/mol. The second-order valence-corrected chi connectivity index (χ2v) is 6.05. The summed E-state index contributed by atoms with van der Waals surface area (Å²) in [7, 11) is 0. The van der Waals surface area contributed by atoms with Crippen molar-refractivity contribution in [2.24, 2.45) is 28.6 Å². The minimum absolute atomic E-state index is 0.834. The molecule has 1 spiro atoms. The summed E-state index contributed by atoms with van der Waals surface area (Å²) in [5.74, 6) is 3.59. The maximum atomic E-state index is 2.63. The van der Waals surface area contributed by atoms with Gasteiger partial charge in [-0.15, -0.1) is 0 Å². The lowest BCUT2D eigenvalue weighted by atomic mass is 9.65. The number of rotatable bonds is 0. The van der Waals surface area contributed by atoms with E-state index in [0.29, 0.717) is 0 Å². The monoisotopic (exact) mass is 162 g/mol. The quantitative estimate of drug-likeness (QED) is 0.513. The molecule has 0 aromatic heterocycles. The molecule has 0 amide bonds. The van der Waals surface area contributed by atoms with Gasteiger partial charge in [0.2, 0.25) is 0 Å². The maximum Gasteiger partial charge on any atom is -0.0178 e. The molecule has 0 radical (unpaired) electrons. The molecule has 0 nitrogen and oxygen atoms in total. The van der Waals surface area contributed by atoms with Gasteiger partial charge in [-0.1, -0.05) is 19.8 Å². The second-order valence-electron chi connectivity index (χ2n) is 6.05. The first-order valence-corrected chi connectivity index (χ1v) is 5.79. The molecule has 0 aromatic carbocycles. The van der Waals surface area contributed by atoms with Crippen LogP contribution in [0.1, 0.15) is 45.4 Å². The van der Waals surface area contributed by atoms with Crippen LogP contribution in [0.3, 0.4) is 0 Å². The van der Waals surface area contributed by atoms with Crippen LogP contribution in [0.4, 0.5) is 0 Å². The van der Waals surface area contributed by atoms with Gasteiger partial charge in [-0.2, -0.15) is 0 Å². The van der Waals surface area contributed by atoms with Crippen molar-refractivity contribution in [1.29, 1.82) is 0 Å². The maximum absolute atomic E-state index is 2.63. The van der Waals surface area contributed by atoms with Gasteiger partial charge in [-0.3, -0.25) is 0 Å². The third-order valence-electron chi connectivity index (χ3n) is 6.28. The zero-order chi connectivity index (χ0) is 7.97. The Morgan fingerprint density at radius 3 is 2.33 bits per heavy atom. The summed E-state index contributed by atoms with van der Waals surface area (Å²) in [5.41, 5.74) is 1.76. The van der Waals surface area contributed by atoms with E-state index in [2.05, 4.69) is 6.92 Å². The van der Waals surface area contributed by atoms with Crippen LogP contribution in [0, 0.1) is 28.6 Å². The van der Waals surface area contributed by atoms with Gasteiger partial charge in [-0.05, 0) is 54.3 Å². The van der Waals surface area contributed by atoms with E-state index >= 15 is 0 Å². The van der Waals surface area contributed by atoms with Crippen molar-refractivity contribution >= 4 is 0 Å². The minimum atomic E-state index is 0.834. The molecule has 5 fully saturated rings. The van der Waals surface area contributed by atoms with Crippen molar-refractivity contribution < 1.29 is 0 Å². The lowest BCUT2D eigenvalue weighted by molar-refractivity contribution is 0.0924. The second kappa shape index (κ2) is 1.51. The standard InChI is InChI=1S/C12H18/c1-11-4-2-3-5-12(11)9-6-8(11)7-10(9)12/h8-10H,2-7H2,1H3/t8?,9-,10+,11-,12?/m0/s1. The molecular formula is C12H18. The SMILES string of the molecule is C[C@@]12CCCCC13[C@@H]1CC2C[C@@H]13. The molecule has 5 atom stereocenters. The van der Waals surface area contributed by atoms with E-state index in [1.165, 1.54) is 18.3 Å². The molecule has 5 aliphatic carbocycles. The van der Waals surface area contributed by atoms with E-state index in [9.17, 15) is 0 Å². The van der Waals surface area contributed by atoms with E-state index in [0.717, 1.165) is 16.7 Å². The Kier molecular flexibility index (Phi) is 0.811. The Morgan fingerprint density at radius 2 is 1.67 bits per heavy atom. The zero-order valence-corrected chi connectivity index (χ0v) is 7.97. The van der Waals surface area contributed by atoms with Crippen LogP contribution < -0.4 is 0 Å². The van der Waals surface area contributed by atoms with Gasteiger partial charge >= 0.3 is 0 Å². The molecule has 0 N–H and O–H groups in total. The van der Waals surface area contributed by atoms with Crippen LogP contribution in [-0.2, 0) is 0 Å². The van der Waals surface area contributed by atoms with E-state index < -0.39 is 0 Å². The average Bonchev–Trinajstić information content (AvgIpc) is 2.51. The molecule has 4 bridgehead atoms. The molecule has 0 aromatic rings. The van der Waals surface area contributed by atoms with E-state index in [-0.39, 0.29) is 0 Å². The van der Waals surface area contributed by atoms with Gasteiger partial charge in [0.15, 0.2) is 0 Å². The third-order valence-corrected chi connectivity index (χ3v) is 6.28. The fourth-order valence-electron chi connectivity index (χ4n) is 5.81. The van der Waals surface area contributed by atoms with Gasteiger partial charge in [0.05, 0.1) is 0 Å². The predicted molar refractivity (Wildman–Crippen MR) is 48.7 cm³/mol. The fourth-order valence-corrected chi connectivity index (χ4v) is 5.81. The van der Waals surface area contributed by atoms with E-state index in [1.807, 2.05) is 0 Å². The summed E-state index contributed by atoms with van der Waals surface area (Å²) in [6, 6.07) is 0. The topological polar surface area (TPSA) is 0 Å². The first kappa shape index (κ1) is 6.45. The van der Waals surface area contributed by atoms with E-state index in [1.54, 1.807) is 32.1 Å². The lowest BCUT2D eigenvalue weighted by Crippen LogP contribution is -2.32. The molecule has 5 aliphatic rings. The Labute approximate surface area is 74.7 Å². The Morgan fingerprint density at radius 1 is 1.00 bits per heavy atom. The van der Waals surface area contributed by atoms with Gasteiger partial charge in [-0.25, -0.2) is 0 Å². The fraction of sp³-hybridized carbons (Fsp3) is 1.00. The molecule has 0 aliphatic heterocycles. The van der Waals surface area contributed by atoms with Crippen LogP contribution in [0.2, 0.25) is 0 Å². The normalized spacial score (nSPS) is 71.2. The average molecular weight is 162 g/mol. The van der Waals surface area contributed by atoms with Crippen molar-refractivity contribution in [3.63, 3.8) is 0 Å². The Balaban J connectivity index is 1.90. The van der Waals surface area contributed by atoms with Gasteiger partial charge in [0, 0.05) is 0 Å². The van der Waals surface area contributed by atoms with Gasteiger partial charge in [0.25, 0.3) is 0 Å². The molecule has 2 unspecified atom stereocenters. The van der Waals surface area contributed by atoms with Crippen LogP contribution in [0.15, 0.2) is 0 Å². The first-order valence-electron chi connectivity index (χ1n) is 5.79. The van der Waals surface area contributed by atoms with E-state index in [4.69, 9.17) is 0 Å². The van der Waals surface area contributed by atoms with Gasteiger partial charge in [0.1, 0.15) is 0 Å². The number of hydrogen-bond donors (Lipinski definition) is 0. The molecule has 66 valence electrons. The van der Waals surface area contributed by atoms with Crippen LogP contribution in [-0.4, -0.2) is 0 Å². The summed E-state index contributed by atoms with van der Waals surface area (Å²) < 4.78 is 0. The van der Waals surface area contributed by atoms with Crippen molar-refractivity contribution in [1.82, 2.24) is 0 Å². The summed E-state index contributed by atoms with van der Waals surface area (Å²) >= 11 is 0. The highest BCUT2D eigenvalue weighted by Gasteiger charge is 2.83.